The second-order valence-electron chi connectivity index (χ2n) is 3.05. The standard InChI is InChI=1S/C10H7BrClF3O/c11-4-3-9(16)7-5-6(10(13,14)15)1-2-8(7)12/h1-2,5H,3-4H2. The smallest absolute Gasteiger partial charge is 0.294 e. The molecular weight excluding hydrogens is 308 g/mol. The molecule has 1 rings (SSSR count). The zero-order chi connectivity index (χ0) is 12.3. The van der Waals surface area contributed by atoms with Gasteiger partial charge in [-0.1, -0.05) is 27.5 Å². The number of Topliss-reactive ketones (excluding diaryl/α,β-unsaturated/α-hetero) is 1. The Morgan fingerprint density at radius 3 is 2.50 bits per heavy atom. The first kappa shape index (κ1) is 13.5. The van der Waals surface area contributed by atoms with Gasteiger partial charge in [0.15, 0.2) is 5.78 Å². The van der Waals surface area contributed by atoms with Crippen LogP contribution < -0.4 is 0 Å². The van der Waals surface area contributed by atoms with Crippen LogP contribution in [0.4, 0.5) is 13.2 Å². The predicted molar refractivity (Wildman–Crippen MR) is 59.2 cm³/mol. The van der Waals surface area contributed by atoms with Crippen LogP contribution in [0.5, 0.6) is 0 Å². The number of ketones is 1. The van der Waals surface area contributed by atoms with Crippen molar-refractivity contribution in [3.05, 3.63) is 34.3 Å². The third-order valence-electron chi connectivity index (χ3n) is 1.92. The van der Waals surface area contributed by atoms with Gasteiger partial charge in [-0.3, -0.25) is 4.79 Å². The maximum Gasteiger partial charge on any atom is 0.416 e. The van der Waals surface area contributed by atoms with Gasteiger partial charge in [0.25, 0.3) is 0 Å². The van der Waals surface area contributed by atoms with Gasteiger partial charge >= 0.3 is 6.18 Å². The lowest BCUT2D eigenvalue weighted by Crippen LogP contribution is -2.08. The first-order valence-corrected chi connectivity index (χ1v) is 5.82. The maximum absolute atomic E-state index is 12.4. The first-order chi connectivity index (χ1) is 7.36. The second kappa shape index (κ2) is 5.19. The lowest BCUT2D eigenvalue weighted by atomic mass is 10.1. The molecule has 88 valence electrons. The third kappa shape index (κ3) is 3.22. The van der Waals surface area contributed by atoms with Crippen molar-refractivity contribution in [1.29, 1.82) is 0 Å². The molecule has 0 bridgehead atoms. The van der Waals surface area contributed by atoms with E-state index in [1.54, 1.807) is 0 Å². The van der Waals surface area contributed by atoms with E-state index in [0.717, 1.165) is 18.2 Å². The van der Waals surface area contributed by atoms with E-state index in [1.807, 2.05) is 0 Å². The van der Waals surface area contributed by atoms with Gasteiger partial charge in [-0.05, 0) is 18.2 Å². The van der Waals surface area contributed by atoms with Crippen molar-refractivity contribution >= 4 is 33.3 Å². The minimum Gasteiger partial charge on any atom is -0.294 e. The number of alkyl halides is 4. The van der Waals surface area contributed by atoms with Gasteiger partial charge in [-0.15, -0.1) is 0 Å². The topological polar surface area (TPSA) is 17.1 Å². The molecule has 1 nitrogen and oxygen atoms in total. The molecule has 0 N–H and O–H groups in total. The Morgan fingerprint density at radius 1 is 1.38 bits per heavy atom. The molecule has 0 atom stereocenters. The molecule has 0 saturated carbocycles. The van der Waals surface area contributed by atoms with Crippen molar-refractivity contribution in [3.8, 4) is 0 Å². The summed E-state index contributed by atoms with van der Waals surface area (Å²) in [4.78, 5) is 11.5. The van der Waals surface area contributed by atoms with E-state index in [9.17, 15) is 18.0 Å². The van der Waals surface area contributed by atoms with Crippen molar-refractivity contribution in [2.24, 2.45) is 0 Å². The fourth-order valence-electron chi connectivity index (χ4n) is 1.14. The van der Waals surface area contributed by atoms with Gasteiger partial charge < -0.3 is 0 Å². The molecule has 0 aromatic heterocycles. The maximum atomic E-state index is 12.4. The zero-order valence-corrected chi connectivity index (χ0v) is 10.3. The van der Waals surface area contributed by atoms with E-state index in [-0.39, 0.29) is 17.0 Å². The van der Waals surface area contributed by atoms with Crippen LogP contribution in [-0.4, -0.2) is 11.1 Å². The number of carbonyl (C=O) groups excluding carboxylic acids is 1. The van der Waals surface area contributed by atoms with Crippen molar-refractivity contribution in [1.82, 2.24) is 0 Å². The lowest BCUT2D eigenvalue weighted by molar-refractivity contribution is -0.137. The predicted octanol–water partition coefficient (Wildman–Crippen LogP) is 4.33. The number of hydrogen-bond acceptors (Lipinski definition) is 1. The molecule has 1 aromatic rings. The Kier molecular flexibility index (Phi) is 4.38. The molecule has 0 amide bonds. The minimum atomic E-state index is -4.46. The van der Waals surface area contributed by atoms with Crippen LogP contribution in [0.3, 0.4) is 0 Å². The number of halogens is 5. The molecule has 0 unspecified atom stereocenters. The van der Waals surface area contributed by atoms with Crippen molar-refractivity contribution < 1.29 is 18.0 Å². The fraction of sp³-hybridized carbons (Fsp3) is 0.300. The number of rotatable bonds is 3. The summed E-state index contributed by atoms with van der Waals surface area (Å²) in [6.07, 6.45) is -4.35. The van der Waals surface area contributed by atoms with Gasteiger partial charge in [0.1, 0.15) is 0 Å². The van der Waals surface area contributed by atoms with Crippen LogP contribution in [0, 0.1) is 0 Å². The van der Waals surface area contributed by atoms with Gasteiger partial charge in [-0.2, -0.15) is 13.2 Å². The first-order valence-electron chi connectivity index (χ1n) is 4.32. The highest BCUT2D eigenvalue weighted by atomic mass is 79.9. The van der Waals surface area contributed by atoms with Crippen molar-refractivity contribution in [2.45, 2.75) is 12.6 Å². The summed E-state index contributed by atoms with van der Waals surface area (Å²) in [6, 6.07) is 2.73. The van der Waals surface area contributed by atoms with Crippen LogP contribution in [0.2, 0.25) is 5.02 Å². The molecule has 16 heavy (non-hydrogen) atoms. The summed E-state index contributed by atoms with van der Waals surface area (Å²) in [5.41, 5.74) is -0.953. The highest BCUT2D eigenvalue weighted by molar-refractivity contribution is 9.09. The fourth-order valence-corrected chi connectivity index (χ4v) is 1.72. The van der Waals surface area contributed by atoms with Gasteiger partial charge in [0, 0.05) is 17.3 Å². The van der Waals surface area contributed by atoms with Crippen molar-refractivity contribution in [2.75, 3.05) is 5.33 Å². The minimum absolute atomic E-state index is 0.0407. The number of benzene rings is 1. The number of carbonyl (C=O) groups is 1. The molecule has 0 aliphatic carbocycles. The molecular formula is C10H7BrClF3O. The highest BCUT2D eigenvalue weighted by Crippen LogP contribution is 2.32. The van der Waals surface area contributed by atoms with Crippen LogP contribution in [-0.2, 0) is 6.18 Å². The van der Waals surface area contributed by atoms with Crippen LogP contribution in [0.15, 0.2) is 18.2 Å². The average molecular weight is 316 g/mol. The highest BCUT2D eigenvalue weighted by Gasteiger charge is 2.31. The average Bonchev–Trinajstić information content (AvgIpc) is 2.16. The largest absolute Gasteiger partial charge is 0.416 e. The van der Waals surface area contributed by atoms with Crippen LogP contribution in [0.25, 0.3) is 0 Å². The SMILES string of the molecule is O=C(CCBr)c1cc(C(F)(F)F)ccc1Cl. The van der Waals surface area contributed by atoms with Crippen molar-refractivity contribution in [3.63, 3.8) is 0 Å². The summed E-state index contributed by atoms with van der Waals surface area (Å²) < 4.78 is 37.2. The van der Waals surface area contributed by atoms with Crippen LogP contribution >= 0.6 is 27.5 Å². The summed E-state index contributed by atoms with van der Waals surface area (Å²) >= 11 is 8.72. The Hall–Kier alpha value is -0.550. The van der Waals surface area contributed by atoms with E-state index in [0.29, 0.717) is 5.33 Å². The molecule has 0 aliphatic heterocycles. The zero-order valence-electron chi connectivity index (χ0n) is 7.94. The Labute approximate surface area is 104 Å². The normalized spacial score (nSPS) is 11.6. The van der Waals surface area contributed by atoms with E-state index < -0.39 is 17.5 Å². The molecule has 1 aromatic carbocycles. The molecule has 6 heteroatoms. The number of hydrogen-bond donors (Lipinski definition) is 0. The van der Waals surface area contributed by atoms with E-state index >= 15 is 0 Å². The molecule has 0 saturated heterocycles. The lowest BCUT2D eigenvalue weighted by Gasteiger charge is -2.09. The van der Waals surface area contributed by atoms with Crippen LogP contribution in [0.1, 0.15) is 22.3 Å². The summed E-state index contributed by atoms with van der Waals surface area (Å²) in [6.45, 7) is 0. The third-order valence-corrected chi connectivity index (χ3v) is 2.64. The quantitative estimate of drug-likeness (QED) is 0.599. The second-order valence-corrected chi connectivity index (χ2v) is 4.25. The Morgan fingerprint density at radius 2 is 2.00 bits per heavy atom. The summed E-state index contributed by atoms with van der Waals surface area (Å²) in [7, 11) is 0. The van der Waals surface area contributed by atoms with Gasteiger partial charge in [-0.25, -0.2) is 0 Å². The molecule has 0 spiro atoms. The summed E-state index contributed by atoms with van der Waals surface area (Å²) in [5, 5.41) is 0.428. The molecule has 0 radical (unpaired) electrons. The molecule has 0 aliphatic rings. The molecule has 0 heterocycles. The van der Waals surface area contributed by atoms with Gasteiger partial charge in [0.2, 0.25) is 0 Å². The van der Waals surface area contributed by atoms with E-state index in [2.05, 4.69) is 15.9 Å². The molecule has 0 fully saturated rings. The Bertz CT molecular complexity index is 404. The van der Waals surface area contributed by atoms with E-state index in [1.165, 1.54) is 0 Å². The monoisotopic (exact) mass is 314 g/mol. The van der Waals surface area contributed by atoms with E-state index in [4.69, 9.17) is 11.6 Å². The van der Waals surface area contributed by atoms with Gasteiger partial charge in [0.05, 0.1) is 10.6 Å². The Balaban J connectivity index is 3.14. The summed E-state index contributed by atoms with van der Waals surface area (Å²) in [5.74, 6) is -0.409.